The first-order valence-corrected chi connectivity index (χ1v) is 11.8. The van der Waals surface area contributed by atoms with E-state index in [2.05, 4.69) is 20.8 Å². The Hall–Kier alpha value is -0.650. The lowest BCUT2D eigenvalue weighted by molar-refractivity contribution is -0.207. The zero-order valence-corrected chi connectivity index (χ0v) is 18.3. The van der Waals surface area contributed by atoms with Crippen LogP contribution in [-0.4, -0.2) is 44.7 Å². The fraction of sp³-hybridized carbons (Fsp3) is 0.958. The summed E-state index contributed by atoms with van der Waals surface area (Å²) in [6.07, 6.45) is 6.00. The number of rotatable bonds is 4. The molecule has 5 nitrogen and oxygen atoms in total. The van der Waals surface area contributed by atoms with E-state index >= 15 is 0 Å². The second-order valence-electron chi connectivity index (χ2n) is 11.4. The fourth-order valence-electron chi connectivity index (χ4n) is 8.68. The first kappa shape index (κ1) is 21.6. The van der Waals surface area contributed by atoms with Crippen molar-refractivity contribution in [1.82, 2.24) is 0 Å². The third-order valence-electron chi connectivity index (χ3n) is 10.3. The van der Waals surface area contributed by atoms with Crippen molar-refractivity contribution in [3.63, 3.8) is 0 Å². The standard InChI is InChI=1S/C24H40O5/c1-13(4-7-21(28)29)16-5-6-17-22-18(12-20(27)24(16,17)3)23(2)9-8-15(25)10-14(23)11-19(22)26/h13-20,22,25-27H,4-12H2,1-3H3,(H,28,29)/t13?,14-,15+,16?,17?,18?,19+,20-,22-,23-,24+/m0/s1. The molecule has 11 atom stereocenters. The summed E-state index contributed by atoms with van der Waals surface area (Å²) in [7, 11) is 0. The second-order valence-corrected chi connectivity index (χ2v) is 11.4. The quantitative estimate of drug-likeness (QED) is 0.571. The van der Waals surface area contributed by atoms with Crippen LogP contribution in [0.1, 0.15) is 78.6 Å². The van der Waals surface area contributed by atoms with Gasteiger partial charge in [-0.3, -0.25) is 4.79 Å². The summed E-state index contributed by atoms with van der Waals surface area (Å²) >= 11 is 0. The molecule has 5 heteroatoms. The maximum Gasteiger partial charge on any atom is 0.303 e. The number of aliphatic hydroxyl groups excluding tert-OH is 3. The molecule has 0 bridgehead atoms. The van der Waals surface area contributed by atoms with Crippen molar-refractivity contribution in [2.75, 3.05) is 0 Å². The molecule has 29 heavy (non-hydrogen) atoms. The van der Waals surface area contributed by atoms with Gasteiger partial charge in [-0.15, -0.1) is 0 Å². The zero-order valence-electron chi connectivity index (χ0n) is 18.3. The van der Waals surface area contributed by atoms with Gasteiger partial charge in [0.1, 0.15) is 0 Å². The molecule has 0 amide bonds. The Morgan fingerprint density at radius 2 is 1.76 bits per heavy atom. The van der Waals surface area contributed by atoms with Crippen molar-refractivity contribution in [3.8, 4) is 0 Å². The maximum absolute atomic E-state index is 11.5. The molecule has 4 unspecified atom stereocenters. The van der Waals surface area contributed by atoms with Gasteiger partial charge in [0.2, 0.25) is 0 Å². The highest BCUT2D eigenvalue weighted by Crippen LogP contribution is 2.68. The largest absolute Gasteiger partial charge is 0.481 e. The van der Waals surface area contributed by atoms with Crippen LogP contribution in [0, 0.1) is 46.3 Å². The number of fused-ring (bicyclic) bond motifs is 5. The molecule has 0 aromatic rings. The number of aliphatic hydroxyl groups is 3. The van der Waals surface area contributed by atoms with Crippen LogP contribution in [0.3, 0.4) is 0 Å². The first-order chi connectivity index (χ1) is 13.6. The molecule has 0 radical (unpaired) electrons. The minimum Gasteiger partial charge on any atom is -0.481 e. The lowest BCUT2D eigenvalue weighted by Gasteiger charge is -2.63. The van der Waals surface area contributed by atoms with Crippen LogP contribution in [0.25, 0.3) is 0 Å². The molecule has 4 rings (SSSR count). The number of carbonyl (C=O) groups is 1. The minimum atomic E-state index is -0.748. The lowest BCUT2D eigenvalue weighted by Crippen LogP contribution is -2.62. The first-order valence-electron chi connectivity index (χ1n) is 11.8. The van der Waals surface area contributed by atoms with Gasteiger partial charge in [-0.05, 0) is 97.7 Å². The molecule has 4 saturated carbocycles. The number of carboxylic acid groups (broad SMARTS) is 1. The molecule has 0 saturated heterocycles. The van der Waals surface area contributed by atoms with Gasteiger partial charge in [0.15, 0.2) is 0 Å². The van der Waals surface area contributed by atoms with Gasteiger partial charge in [0, 0.05) is 6.42 Å². The molecule has 4 aliphatic rings. The Morgan fingerprint density at radius 3 is 2.45 bits per heavy atom. The van der Waals surface area contributed by atoms with E-state index in [1.54, 1.807) is 0 Å². The Morgan fingerprint density at radius 1 is 1.03 bits per heavy atom. The highest BCUT2D eigenvalue weighted by Gasteiger charge is 2.65. The van der Waals surface area contributed by atoms with E-state index in [0.717, 1.165) is 44.9 Å². The van der Waals surface area contributed by atoms with Crippen molar-refractivity contribution in [3.05, 3.63) is 0 Å². The monoisotopic (exact) mass is 408 g/mol. The average molecular weight is 409 g/mol. The summed E-state index contributed by atoms with van der Waals surface area (Å²) in [6, 6.07) is 0. The average Bonchev–Trinajstić information content (AvgIpc) is 3.01. The Kier molecular flexibility index (Phi) is 5.57. The molecule has 166 valence electrons. The third kappa shape index (κ3) is 3.27. The van der Waals surface area contributed by atoms with Crippen LogP contribution in [0.2, 0.25) is 0 Å². The molecule has 0 heterocycles. The van der Waals surface area contributed by atoms with Crippen LogP contribution in [0.15, 0.2) is 0 Å². The summed E-state index contributed by atoms with van der Waals surface area (Å²) in [6.45, 7) is 6.72. The molecule has 0 aliphatic heterocycles. The minimum absolute atomic E-state index is 0.0957. The van der Waals surface area contributed by atoms with Gasteiger partial charge >= 0.3 is 5.97 Å². The summed E-state index contributed by atoms with van der Waals surface area (Å²) in [5.74, 6) is 0.997. The highest BCUT2D eigenvalue weighted by atomic mass is 16.4. The van der Waals surface area contributed by atoms with Crippen molar-refractivity contribution >= 4 is 5.97 Å². The van der Waals surface area contributed by atoms with Crippen molar-refractivity contribution < 1.29 is 25.2 Å². The predicted octanol–water partition coefficient (Wildman–Crippen LogP) is 3.45. The van der Waals surface area contributed by atoms with E-state index in [1.807, 2.05) is 0 Å². The van der Waals surface area contributed by atoms with Crippen LogP contribution in [0.4, 0.5) is 0 Å². The van der Waals surface area contributed by atoms with Gasteiger partial charge in [-0.2, -0.15) is 0 Å². The van der Waals surface area contributed by atoms with Crippen LogP contribution >= 0.6 is 0 Å². The normalized spacial score (nSPS) is 52.9. The van der Waals surface area contributed by atoms with Crippen LogP contribution in [0.5, 0.6) is 0 Å². The molecule has 4 aliphatic carbocycles. The van der Waals surface area contributed by atoms with E-state index in [-0.39, 0.29) is 41.3 Å². The van der Waals surface area contributed by atoms with E-state index < -0.39 is 12.1 Å². The smallest absolute Gasteiger partial charge is 0.303 e. The van der Waals surface area contributed by atoms with Crippen LogP contribution < -0.4 is 0 Å². The van der Waals surface area contributed by atoms with Crippen LogP contribution in [-0.2, 0) is 4.79 Å². The van der Waals surface area contributed by atoms with Gasteiger partial charge in [0.25, 0.3) is 0 Å². The van der Waals surface area contributed by atoms with Crippen molar-refractivity contribution in [2.24, 2.45) is 46.3 Å². The van der Waals surface area contributed by atoms with Crippen molar-refractivity contribution in [2.45, 2.75) is 96.9 Å². The van der Waals surface area contributed by atoms with Gasteiger partial charge in [0.05, 0.1) is 18.3 Å². The Balaban J connectivity index is 1.61. The fourth-order valence-corrected chi connectivity index (χ4v) is 8.68. The Labute approximate surface area is 174 Å². The van der Waals surface area contributed by atoms with E-state index in [1.165, 1.54) is 0 Å². The molecular weight excluding hydrogens is 368 g/mol. The maximum atomic E-state index is 11.5. The number of aliphatic carboxylic acids is 1. The molecule has 0 spiro atoms. The molecular formula is C24H40O5. The predicted molar refractivity (Wildman–Crippen MR) is 110 cm³/mol. The van der Waals surface area contributed by atoms with Crippen molar-refractivity contribution in [1.29, 1.82) is 0 Å². The number of carboxylic acids is 1. The van der Waals surface area contributed by atoms with E-state index in [0.29, 0.717) is 30.1 Å². The molecule has 4 fully saturated rings. The summed E-state index contributed by atoms with van der Waals surface area (Å²) < 4.78 is 0. The van der Waals surface area contributed by atoms with Gasteiger partial charge in [-0.1, -0.05) is 20.8 Å². The summed E-state index contributed by atoms with van der Waals surface area (Å²) in [4.78, 5) is 11.1. The lowest BCUT2D eigenvalue weighted by atomic mass is 9.43. The SMILES string of the molecule is CC(CCC(=O)O)C1CCC2[C@H]3C(C[C@H](O)[C@]12C)[C@@]1(C)CC[C@@H](O)C[C@H]1C[C@H]3O. The third-order valence-corrected chi connectivity index (χ3v) is 10.3. The molecule has 0 aromatic carbocycles. The van der Waals surface area contributed by atoms with Gasteiger partial charge in [-0.25, -0.2) is 0 Å². The topological polar surface area (TPSA) is 98.0 Å². The van der Waals surface area contributed by atoms with E-state index in [4.69, 9.17) is 5.11 Å². The summed E-state index contributed by atoms with van der Waals surface area (Å²) in [5.41, 5.74) is -0.143. The van der Waals surface area contributed by atoms with E-state index in [9.17, 15) is 20.1 Å². The number of hydrogen-bond donors (Lipinski definition) is 4. The molecule has 4 N–H and O–H groups in total. The second kappa shape index (κ2) is 7.49. The zero-order chi connectivity index (χ0) is 21.1. The highest BCUT2D eigenvalue weighted by molar-refractivity contribution is 5.66. The molecule has 0 aromatic heterocycles. The summed E-state index contributed by atoms with van der Waals surface area (Å²) in [5, 5.41) is 42.0. The Bertz CT molecular complexity index is 637. The number of hydrogen-bond acceptors (Lipinski definition) is 4. The van der Waals surface area contributed by atoms with Gasteiger partial charge < -0.3 is 20.4 Å².